The molecule has 2 bridgehead atoms. The minimum absolute atomic E-state index is 0. The van der Waals surface area contributed by atoms with Gasteiger partial charge in [0.1, 0.15) is 5.75 Å². The molecule has 4 aliphatic rings. The predicted octanol–water partition coefficient (Wildman–Crippen LogP) is 1.84. The van der Waals surface area contributed by atoms with E-state index in [0.717, 1.165) is 44.4 Å². The van der Waals surface area contributed by atoms with Crippen LogP contribution in [-0.2, 0) is 0 Å². The van der Waals surface area contributed by atoms with Crippen LogP contribution in [0.1, 0.15) is 19.8 Å². The zero-order valence-electron chi connectivity index (χ0n) is 18.3. The molecule has 1 aromatic carbocycles. The van der Waals surface area contributed by atoms with Crippen LogP contribution in [0.15, 0.2) is 29.3 Å². The number of halogens is 1. The Hall–Kier alpha value is -1.26. The fourth-order valence-corrected chi connectivity index (χ4v) is 4.74. The van der Waals surface area contributed by atoms with E-state index < -0.39 is 0 Å². The number of hydrogen-bond donors (Lipinski definition) is 2. The molecular formula is C22H37IN6O. The van der Waals surface area contributed by atoms with Crippen LogP contribution in [-0.4, -0.2) is 93.9 Å². The topological polar surface area (TPSA) is 55.4 Å². The Kier molecular flexibility index (Phi) is 8.88. The van der Waals surface area contributed by atoms with E-state index >= 15 is 0 Å². The molecule has 0 saturated carbocycles. The van der Waals surface area contributed by atoms with E-state index in [9.17, 15) is 0 Å². The number of guanidine groups is 1. The number of nitrogens with one attached hydrogen (secondary N) is 2. The van der Waals surface area contributed by atoms with Crippen molar-refractivity contribution in [2.75, 3.05) is 70.9 Å². The van der Waals surface area contributed by atoms with Crippen molar-refractivity contribution in [1.29, 1.82) is 0 Å². The highest BCUT2D eigenvalue weighted by Gasteiger charge is 2.31. The van der Waals surface area contributed by atoms with E-state index in [4.69, 9.17) is 9.73 Å². The van der Waals surface area contributed by atoms with Gasteiger partial charge in [0.2, 0.25) is 0 Å². The van der Waals surface area contributed by atoms with Crippen LogP contribution in [0.5, 0.6) is 5.75 Å². The van der Waals surface area contributed by atoms with E-state index in [1.807, 2.05) is 6.07 Å². The number of methoxy groups -OCH3 is 1. The van der Waals surface area contributed by atoms with Crippen molar-refractivity contribution in [2.45, 2.75) is 31.8 Å². The Morgan fingerprint density at radius 3 is 2.70 bits per heavy atom. The summed E-state index contributed by atoms with van der Waals surface area (Å²) < 4.78 is 5.40. The molecule has 2 N–H and O–H groups in total. The molecule has 0 aromatic heterocycles. The Balaban J connectivity index is 0.00000256. The maximum absolute atomic E-state index is 5.40. The number of anilines is 1. The largest absolute Gasteiger partial charge is 0.497 e. The lowest BCUT2D eigenvalue weighted by molar-refractivity contribution is 0.0174. The number of fused-ring (bicyclic) bond motifs is 3. The predicted molar refractivity (Wildman–Crippen MR) is 135 cm³/mol. The van der Waals surface area contributed by atoms with Gasteiger partial charge in [-0.1, -0.05) is 6.07 Å². The van der Waals surface area contributed by atoms with Crippen LogP contribution >= 0.6 is 24.0 Å². The zero-order valence-corrected chi connectivity index (χ0v) is 20.7. The number of ether oxygens (including phenoxy) is 1. The molecule has 2 unspecified atom stereocenters. The molecule has 0 radical (unpaired) electrons. The van der Waals surface area contributed by atoms with E-state index in [2.05, 4.69) is 50.5 Å². The third-order valence-corrected chi connectivity index (χ3v) is 6.38. The number of benzene rings is 1. The molecule has 8 heteroatoms. The minimum atomic E-state index is 0. The SMILES string of the molecule is CCNC(=NCC1CN2CCN1CC2)NC1CCCN(c2cccc(OC)c2)C1.I. The van der Waals surface area contributed by atoms with Gasteiger partial charge in [-0.3, -0.25) is 14.8 Å². The lowest BCUT2D eigenvalue weighted by atomic mass is 10.0. The van der Waals surface area contributed by atoms with Gasteiger partial charge in [0.15, 0.2) is 5.96 Å². The first-order valence-corrected chi connectivity index (χ1v) is 11.2. The van der Waals surface area contributed by atoms with Crippen molar-refractivity contribution in [3.8, 4) is 5.75 Å². The van der Waals surface area contributed by atoms with E-state index in [1.54, 1.807) is 7.11 Å². The lowest BCUT2D eigenvalue weighted by Gasteiger charge is -2.47. The third kappa shape index (κ3) is 5.91. The summed E-state index contributed by atoms with van der Waals surface area (Å²) >= 11 is 0. The molecule has 4 aliphatic heterocycles. The summed E-state index contributed by atoms with van der Waals surface area (Å²) in [6.45, 7) is 12.0. The third-order valence-electron chi connectivity index (χ3n) is 6.38. The van der Waals surface area contributed by atoms with Crippen molar-refractivity contribution >= 4 is 35.6 Å². The first kappa shape index (κ1) is 23.4. The summed E-state index contributed by atoms with van der Waals surface area (Å²) in [6, 6.07) is 9.34. The number of piperazine rings is 3. The van der Waals surface area contributed by atoms with Gasteiger partial charge >= 0.3 is 0 Å². The molecule has 0 amide bonds. The molecular weight excluding hydrogens is 491 g/mol. The average molecular weight is 528 g/mol. The van der Waals surface area contributed by atoms with E-state index in [1.165, 1.54) is 44.7 Å². The number of aliphatic imine (C=N–C) groups is 1. The van der Waals surface area contributed by atoms with Crippen LogP contribution in [0.25, 0.3) is 0 Å². The van der Waals surface area contributed by atoms with Gasteiger partial charge in [-0.05, 0) is 31.9 Å². The molecule has 30 heavy (non-hydrogen) atoms. The molecule has 4 fully saturated rings. The fraction of sp³-hybridized carbons (Fsp3) is 0.682. The van der Waals surface area contributed by atoms with E-state index in [0.29, 0.717) is 12.1 Å². The molecule has 168 valence electrons. The summed E-state index contributed by atoms with van der Waals surface area (Å²) in [5.41, 5.74) is 1.23. The Morgan fingerprint density at radius 2 is 2.00 bits per heavy atom. The summed E-state index contributed by atoms with van der Waals surface area (Å²) in [7, 11) is 1.73. The van der Waals surface area contributed by atoms with Crippen LogP contribution in [0.2, 0.25) is 0 Å². The Bertz CT molecular complexity index is 694. The smallest absolute Gasteiger partial charge is 0.191 e. The number of rotatable bonds is 6. The van der Waals surface area contributed by atoms with Crippen LogP contribution < -0.4 is 20.3 Å². The van der Waals surface area contributed by atoms with Crippen molar-refractivity contribution < 1.29 is 4.74 Å². The molecule has 4 saturated heterocycles. The monoisotopic (exact) mass is 528 g/mol. The molecule has 1 aromatic rings. The maximum Gasteiger partial charge on any atom is 0.191 e. The highest BCUT2D eigenvalue weighted by molar-refractivity contribution is 14.0. The van der Waals surface area contributed by atoms with Crippen LogP contribution in [0, 0.1) is 0 Å². The molecule has 5 rings (SSSR count). The molecule has 0 aliphatic carbocycles. The first-order chi connectivity index (χ1) is 14.2. The normalized spacial score (nSPS) is 28.6. The fourth-order valence-electron chi connectivity index (χ4n) is 4.74. The first-order valence-electron chi connectivity index (χ1n) is 11.2. The maximum atomic E-state index is 5.40. The quantitative estimate of drug-likeness (QED) is 0.334. The second-order valence-corrected chi connectivity index (χ2v) is 8.34. The van der Waals surface area contributed by atoms with Crippen LogP contribution in [0.3, 0.4) is 0 Å². The summed E-state index contributed by atoms with van der Waals surface area (Å²) in [4.78, 5) is 12.6. The van der Waals surface area contributed by atoms with Gasteiger partial charge in [0.05, 0.1) is 13.7 Å². The molecule has 4 heterocycles. The number of piperidine rings is 1. The lowest BCUT2D eigenvalue weighted by Crippen LogP contribution is -2.62. The van der Waals surface area contributed by atoms with Gasteiger partial charge in [0.25, 0.3) is 0 Å². The molecule has 2 atom stereocenters. The molecule has 7 nitrogen and oxygen atoms in total. The standard InChI is InChI=1S/C22H36N6O.HI/c1-3-23-22(24-15-20-17-26-10-12-27(20)13-11-26)25-18-6-5-9-28(16-18)19-7-4-8-21(14-19)29-2;/h4,7-8,14,18,20H,3,5-6,9-13,15-17H2,1-2H3,(H2,23,24,25);1H. The Morgan fingerprint density at radius 1 is 1.17 bits per heavy atom. The second kappa shape index (κ2) is 11.4. The highest BCUT2D eigenvalue weighted by atomic mass is 127. The average Bonchev–Trinajstić information content (AvgIpc) is 2.79. The van der Waals surface area contributed by atoms with Crippen molar-refractivity contribution in [3.63, 3.8) is 0 Å². The van der Waals surface area contributed by atoms with Gasteiger partial charge in [0, 0.05) is 76.2 Å². The van der Waals surface area contributed by atoms with Gasteiger partial charge in [-0.2, -0.15) is 0 Å². The summed E-state index contributed by atoms with van der Waals surface area (Å²) in [5, 5.41) is 7.16. The Labute approximate surface area is 198 Å². The summed E-state index contributed by atoms with van der Waals surface area (Å²) in [6.07, 6.45) is 2.36. The molecule has 0 spiro atoms. The van der Waals surface area contributed by atoms with Crippen molar-refractivity contribution in [2.24, 2.45) is 4.99 Å². The van der Waals surface area contributed by atoms with Gasteiger partial charge < -0.3 is 20.3 Å². The zero-order chi connectivity index (χ0) is 20.1. The van der Waals surface area contributed by atoms with E-state index in [-0.39, 0.29) is 24.0 Å². The van der Waals surface area contributed by atoms with Gasteiger partial charge in [-0.15, -0.1) is 24.0 Å². The number of nitrogens with zero attached hydrogens (tertiary/aromatic N) is 4. The van der Waals surface area contributed by atoms with Crippen molar-refractivity contribution in [3.05, 3.63) is 24.3 Å². The summed E-state index contributed by atoms with van der Waals surface area (Å²) in [5.74, 6) is 1.88. The minimum Gasteiger partial charge on any atom is -0.497 e. The second-order valence-electron chi connectivity index (χ2n) is 8.34. The van der Waals surface area contributed by atoms with Gasteiger partial charge in [-0.25, -0.2) is 0 Å². The number of hydrogen-bond acceptors (Lipinski definition) is 5. The van der Waals surface area contributed by atoms with Crippen LogP contribution in [0.4, 0.5) is 5.69 Å². The van der Waals surface area contributed by atoms with Crippen molar-refractivity contribution in [1.82, 2.24) is 20.4 Å². The highest BCUT2D eigenvalue weighted by Crippen LogP contribution is 2.24.